The highest BCUT2D eigenvalue weighted by molar-refractivity contribution is 7.98. The average molecular weight is 256 g/mol. The van der Waals surface area contributed by atoms with Crippen LogP contribution in [0.15, 0.2) is 6.07 Å². The van der Waals surface area contributed by atoms with E-state index in [1.54, 1.807) is 18.9 Å². The topological polar surface area (TPSA) is 59.1 Å². The number of rotatable bonds is 8. The molecule has 0 aromatic carbocycles. The summed E-state index contributed by atoms with van der Waals surface area (Å²) in [7, 11) is 1.64. The minimum absolute atomic E-state index is 0.427. The quantitative estimate of drug-likeness (QED) is 0.692. The summed E-state index contributed by atoms with van der Waals surface area (Å²) in [5.41, 5.74) is 0. The molecular formula is C11H20N4OS. The fraction of sp³-hybridized carbons (Fsp3) is 0.636. The molecule has 5 nitrogen and oxygen atoms in total. The van der Waals surface area contributed by atoms with Crippen LogP contribution in [0.25, 0.3) is 0 Å². The van der Waals surface area contributed by atoms with E-state index in [4.69, 9.17) is 4.74 Å². The summed E-state index contributed by atoms with van der Waals surface area (Å²) < 4.78 is 5.06. The van der Waals surface area contributed by atoms with Gasteiger partial charge in [-0.3, -0.25) is 0 Å². The molecule has 0 unspecified atom stereocenters. The molecule has 0 aliphatic heterocycles. The van der Waals surface area contributed by atoms with Crippen LogP contribution >= 0.6 is 11.8 Å². The molecule has 0 fully saturated rings. The van der Waals surface area contributed by atoms with Gasteiger partial charge in [0.15, 0.2) is 5.82 Å². The molecule has 2 N–H and O–H groups in total. The Balaban J connectivity index is 2.72. The Morgan fingerprint density at radius 1 is 1.29 bits per heavy atom. The van der Waals surface area contributed by atoms with Gasteiger partial charge in [-0.15, -0.1) is 0 Å². The maximum absolute atomic E-state index is 5.06. The van der Waals surface area contributed by atoms with Crippen molar-refractivity contribution in [3.63, 3.8) is 0 Å². The zero-order valence-electron chi connectivity index (χ0n) is 10.6. The van der Waals surface area contributed by atoms with Crippen molar-refractivity contribution in [2.24, 2.45) is 0 Å². The van der Waals surface area contributed by atoms with Gasteiger partial charge in [-0.1, -0.05) is 0 Å². The SMILES string of the molecule is CCNc1cc(NCCSC)nc(COC)n1. The molecule has 0 aliphatic rings. The van der Waals surface area contributed by atoms with Crippen LogP contribution in [0.2, 0.25) is 0 Å². The van der Waals surface area contributed by atoms with Crippen molar-refractivity contribution in [3.8, 4) is 0 Å². The largest absolute Gasteiger partial charge is 0.377 e. The van der Waals surface area contributed by atoms with E-state index in [0.717, 1.165) is 30.5 Å². The Labute approximate surface area is 107 Å². The Morgan fingerprint density at radius 3 is 2.59 bits per heavy atom. The molecule has 96 valence electrons. The maximum atomic E-state index is 5.06. The second-order valence-corrected chi connectivity index (χ2v) is 4.42. The lowest BCUT2D eigenvalue weighted by Gasteiger charge is -2.09. The summed E-state index contributed by atoms with van der Waals surface area (Å²) in [5, 5.41) is 6.46. The number of nitrogens with one attached hydrogen (secondary N) is 2. The third kappa shape index (κ3) is 5.23. The van der Waals surface area contributed by atoms with Crippen molar-refractivity contribution < 1.29 is 4.74 Å². The number of nitrogens with zero attached hydrogens (tertiary/aromatic N) is 2. The van der Waals surface area contributed by atoms with Gasteiger partial charge in [0.1, 0.15) is 18.2 Å². The van der Waals surface area contributed by atoms with Crippen LogP contribution in [0.1, 0.15) is 12.7 Å². The Morgan fingerprint density at radius 2 is 2.00 bits per heavy atom. The number of aromatic nitrogens is 2. The first-order chi connectivity index (χ1) is 8.30. The van der Waals surface area contributed by atoms with E-state index in [1.165, 1.54) is 0 Å². The van der Waals surface area contributed by atoms with E-state index in [9.17, 15) is 0 Å². The zero-order valence-corrected chi connectivity index (χ0v) is 11.4. The Kier molecular flexibility index (Phi) is 6.73. The number of methoxy groups -OCH3 is 1. The number of hydrogen-bond donors (Lipinski definition) is 2. The van der Waals surface area contributed by atoms with Crippen LogP contribution in [0.4, 0.5) is 11.6 Å². The van der Waals surface area contributed by atoms with Gasteiger partial charge in [-0.2, -0.15) is 11.8 Å². The molecule has 1 aromatic rings. The monoisotopic (exact) mass is 256 g/mol. The molecule has 1 aromatic heterocycles. The van der Waals surface area contributed by atoms with Crippen LogP contribution in [0.5, 0.6) is 0 Å². The first-order valence-corrected chi connectivity index (χ1v) is 7.03. The standard InChI is InChI=1S/C11H20N4OS/c1-4-12-9-7-10(13-5-6-17-3)15-11(14-9)8-16-2/h7H,4-6,8H2,1-3H3,(H2,12,13,14,15). The van der Waals surface area contributed by atoms with E-state index in [-0.39, 0.29) is 0 Å². The van der Waals surface area contributed by atoms with E-state index >= 15 is 0 Å². The fourth-order valence-corrected chi connectivity index (χ4v) is 1.64. The van der Waals surface area contributed by atoms with Gasteiger partial charge in [0.25, 0.3) is 0 Å². The predicted molar refractivity (Wildman–Crippen MR) is 73.8 cm³/mol. The molecule has 1 rings (SSSR count). The summed E-state index contributed by atoms with van der Waals surface area (Å²) in [4.78, 5) is 8.73. The summed E-state index contributed by atoms with van der Waals surface area (Å²) >= 11 is 1.80. The first-order valence-electron chi connectivity index (χ1n) is 5.63. The molecule has 0 spiro atoms. The highest BCUT2D eigenvalue weighted by atomic mass is 32.2. The van der Waals surface area contributed by atoms with Gasteiger partial charge >= 0.3 is 0 Å². The molecule has 0 saturated heterocycles. The normalized spacial score (nSPS) is 10.3. The van der Waals surface area contributed by atoms with Crippen LogP contribution in [-0.2, 0) is 11.3 Å². The molecule has 1 heterocycles. The number of hydrogen-bond acceptors (Lipinski definition) is 6. The third-order valence-electron chi connectivity index (χ3n) is 2.02. The fourth-order valence-electron chi connectivity index (χ4n) is 1.33. The van der Waals surface area contributed by atoms with Crippen LogP contribution in [0, 0.1) is 0 Å². The lowest BCUT2D eigenvalue weighted by atomic mass is 10.4. The van der Waals surface area contributed by atoms with Gasteiger partial charge in [0, 0.05) is 32.0 Å². The Hall–Kier alpha value is -1.01. The minimum Gasteiger partial charge on any atom is -0.377 e. The molecule has 0 aliphatic carbocycles. The van der Waals surface area contributed by atoms with Gasteiger partial charge < -0.3 is 15.4 Å². The van der Waals surface area contributed by atoms with Crippen molar-refractivity contribution in [3.05, 3.63) is 11.9 Å². The van der Waals surface area contributed by atoms with E-state index < -0.39 is 0 Å². The lowest BCUT2D eigenvalue weighted by Crippen LogP contribution is -2.10. The second-order valence-electron chi connectivity index (χ2n) is 3.44. The van der Waals surface area contributed by atoms with Crippen LogP contribution < -0.4 is 10.6 Å². The molecule has 0 amide bonds. The van der Waals surface area contributed by atoms with Crippen molar-refractivity contribution in [1.29, 1.82) is 0 Å². The van der Waals surface area contributed by atoms with E-state index in [0.29, 0.717) is 12.4 Å². The number of thioether (sulfide) groups is 1. The van der Waals surface area contributed by atoms with Crippen molar-refractivity contribution in [2.45, 2.75) is 13.5 Å². The molecule has 0 bridgehead atoms. The van der Waals surface area contributed by atoms with Crippen molar-refractivity contribution in [1.82, 2.24) is 9.97 Å². The number of anilines is 2. The molecule has 0 atom stereocenters. The molecule has 6 heteroatoms. The molecule has 0 saturated carbocycles. The molecule has 0 radical (unpaired) electrons. The van der Waals surface area contributed by atoms with Crippen molar-refractivity contribution in [2.75, 3.05) is 42.8 Å². The average Bonchev–Trinajstić information content (AvgIpc) is 2.30. The maximum Gasteiger partial charge on any atom is 0.158 e. The highest BCUT2D eigenvalue weighted by Gasteiger charge is 2.03. The van der Waals surface area contributed by atoms with Crippen LogP contribution in [0.3, 0.4) is 0 Å². The summed E-state index contributed by atoms with van der Waals surface area (Å²) in [6.45, 7) is 4.21. The number of ether oxygens (including phenoxy) is 1. The zero-order chi connectivity index (χ0) is 12.5. The Bertz CT molecular complexity index is 311. The van der Waals surface area contributed by atoms with Crippen molar-refractivity contribution >= 4 is 23.4 Å². The highest BCUT2D eigenvalue weighted by Crippen LogP contribution is 2.11. The summed E-state index contributed by atoms with van der Waals surface area (Å²) in [6, 6.07) is 1.92. The first kappa shape index (κ1) is 14.1. The smallest absolute Gasteiger partial charge is 0.158 e. The van der Waals surface area contributed by atoms with Gasteiger partial charge in [-0.05, 0) is 13.2 Å². The van der Waals surface area contributed by atoms with Gasteiger partial charge in [0.05, 0.1) is 0 Å². The predicted octanol–water partition coefficient (Wildman–Crippen LogP) is 1.83. The van der Waals surface area contributed by atoms with Crippen LogP contribution in [-0.4, -0.2) is 42.2 Å². The van der Waals surface area contributed by atoms with Gasteiger partial charge in [-0.25, -0.2) is 9.97 Å². The van der Waals surface area contributed by atoms with E-state index in [2.05, 4.69) is 26.9 Å². The summed E-state index contributed by atoms with van der Waals surface area (Å²) in [5.74, 6) is 3.43. The lowest BCUT2D eigenvalue weighted by molar-refractivity contribution is 0.178. The third-order valence-corrected chi connectivity index (χ3v) is 2.63. The molecular weight excluding hydrogens is 236 g/mol. The second kappa shape index (κ2) is 8.14. The van der Waals surface area contributed by atoms with E-state index in [1.807, 2.05) is 13.0 Å². The molecule has 17 heavy (non-hydrogen) atoms. The van der Waals surface area contributed by atoms with Gasteiger partial charge in [0.2, 0.25) is 0 Å². The summed E-state index contributed by atoms with van der Waals surface area (Å²) in [6.07, 6.45) is 2.09. The minimum atomic E-state index is 0.427.